The average Bonchev–Trinajstić information content (AvgIpc) is 3.53. The Hall–Kier alpha value is -2.91. The summed E-state index contributed by atoms with van der Waals surface area (Å²) in [5.74, 6) is 0.692. The summed E-state index contributed by atoms with van der Waals surface area (Å²) in [7, 11) is 0. The molecule has 0 radical (unpaired) electrons. The minimum absolute atomic E-state index is 0. The quantitative estimate of drug-likeness (QED) is 0.0912. The van der Waals surface area contributed by atoms with Crippen molar-refractivity contribution in [2.75, 3.05) is 39.3 Å². The Labute approximate surface area is 277 Å². The number of carbonyl (C=O) groups is 1. The molecule has 1 unspecified atom stereocenters. The van der Waals surface area contributed by atoms with Crippen LogP contribution in [0, 0.1) is 0 Å². The number of benzene rings is 2. The molecule has 4 aromatic rings. The van der Waals surface area contributed by atoms with Crippen LogP contribution in [-0.4, -0.2) is 60.1 Å². The van der Waals surface area contributed by atoms with Crippen LogP contribution in [0.15, 0.2) is 64.8 Å². The highest BCUT2D eigenvalue weighted by Crippen LogP contribution is 2.33. The molecule has 45 heavy (non-hydrogen) atoms. The Balaban J connectivity index is 0.00000461. The fraction of sp³-hybridized carbons (Fsp3) is 0.500. The highest BCUT2D eigenvalue weighted by molar-refractivity contribution is 7.17. The van der Waals surface area contributed by atoms with Crippen LogP contribution in [0.2, 0.25) is 0 Å². The van der Waals surface area contributed by atoms with Crippen LogP contribution in [0.4, 0.5) is 0 Å². The third-order valence-electron chi connectivity index (χ3n) is 8.60. The van der Waals surface area contributed by atoms with Gasteiger partial charge < -0.3 is 19.4 Å². The number of piperazine rings is 1. The van der Waals surface area contributed by atoms with Crippen LogP contribution in [-0.2, 0) is 9.53 Å². The molecule has 0 aliphatic carbocycles. The van der Waals surface area contributed by atoms with Crippen LogP contribution in [0.1, 0.15) is 82.9 Å². The molecule has 9 heteroatoms. The number of nitrogens with zero attached hydrogens (tertiary/aromatic N) is 2. The smallest absolute Gasteiger partial charge is 0.307 e. The van der Waals surface area contributed by atoms with Gasteiger partial charge in [0.05, 0.1) is 12.1 Å². The van der Waals surface area contributed by atoms with Crippen molar-refractivity contribution >= 4 is 50.7 Å². The predicted molar refractivity (Wildman–Crippen MR) is 188 cm³/mol. The maximum atomic E-state index is 13.0. The summed E-state index contributed by atoms with van der Waals surface area (Å²) in [6.07, 6.45) is 10.5. The van der Waals surface area contributed by atoms with Crippen molar-refractivity contribution in [3.63, 3.8) is 0 Å². The van der Waals surface area contributed by atoms with E-state index in [2.05, 4.69) is 51.4 Å². The van der Waals surface area contributed by atoms with E-state index in [4.69, 9.17) is 9.47 Å². The first kappa shape index (κ1) is 35.0. The molecule has 7 nitrogen and oxygen atoms in total. The van der Waals surface area contributed by atoms with Gasteiger partial charge in [-0.15, -0.1) is 23.7 Å². The van der Waals surface area contributed by atoms with Crippen LogP contribution >= 0.6 is 23.7 Å². The molecular formula is C36H48ClN3O4S. The molecule has 0 amide bonds. The molecule has 1 saturated heterocycles. The Kier molecular flexibility index (Phi) is 14.2. The van der Waals surface area contributed by atoms with Gasteiger partial charge in [-0.3, -0.25) is 14.5 Å². The molecule has 244 valence electrons. The summed E-state index contributed by atoms with van der Waals surface area (Å²) < 4.78 is 13.5. The molecule has 1 fully saturated rings. The number of aromatic amines is 1. The molecule has 1 aliphatic rings. The minimum Gasteiger partial charge on any atom is -0.494 e. The number of halogens is 1. The molecule has 0 saturated carbocycles. The number of esters is 1. The average molecular weight is 654 g/mol. The van der Waals surface area contributed by atoms with Gasteiger partial charge in [0.15, 0.2) is 6.23 Å². The maximum Gasteiger partial charge on any atom is 0.307 e. The second kappa shape index (κ2) is 18.3. The number of hydrogen-bond donors (Lipinski definition) is 1. The van der Waals surface area contributed by atoms with Gasteiger partial charge in [0.2, 0.25) is 5.56 Å². The van der Waals surface area contributed by atoms with Crippen LogP contribution in [0.3, 0.4) is 0 Å². The molecule has 2 aromatic heterocycles. The largest absolute Gasteiger partial charge is 0.494 e. The predicted octanol–water partition coefficient (Wildman–Crippen LogP) is 8.32. The number of pyridine rings is 1. The molecule has 0 spiro atoms. The lowest BCUT2D eigenvalue weighted by atomic mass is 10.1. The first-order valence-electron chi connectivity index (χ1n) is 16.5. The van der Waals surface area contributed by atoms with E-state index >= 15 is 0 Å². The van der Waals surface area contributed by atoms with Gasteiger partial charge >= 0.3 is 5.97 Å². The number of unbranched alkanes of at least 4 members (excludes halogenated alkanes) is 7. The van der Waals surface area contributed by atoms with Gasteiger partial charge in [0.1, 0.15) is 5.75 Å². The fourth-order valence-corrected chi connectivity index (χ4v) is 6.87. The van der Waals surface area contributed by atoms with E-state index in [-0.39, 0.29) is 30.2 Å². The second-order valence-corrected chi connectivity index (χ2v) is 12.8. The monoisotopic (exact) mass is 653 g/mol. The number of thiophene rings is 1. The van der Waals surface area contributed by atoms with E-state index in [0.29, 0.717) is 13.0 Å². The first-order chi connectivity index (χ1) is 21.6. The highest BCUT2D eigenvalue weighted by Gasteiger charge is 2.29. The summed E-state index contributed by atoms with van der Waals surface area (Å²) in [6.45, 7) is 7.52. The molecule has 1 aliphatic heterocycles. The zero-order valence-corrected chi connectivity index (χ0v) is 28.1. The number of hydrogen-bond acceptors (Lipinski definition) is 7. The standard InChI is InChI=1S/C36H47N3O4S.ClH/c1-2-3-4-5-6-7-8-14-35(41)43-36(31-12-11-13-33-30(31)19-26-44-33)39-23-21-38(22-24-39)20-9-10-25-42-29-17-15-28-16-18-34(40)37-32(28)27-29;/h11-13,15-19,26-27,36H,2-10,14,20-25H2,1H3,(H,37,40);1H. The van der Waals surface area contributed by atoms with Gasteiger partial charge in [-0.1, -0.05) is 57.6 Å². The first-order valence-corrected chi connectivity index (χ1v) is 17.4. The van der Waals surface area contributed by atoms with E-state index in [1.54, 1.807) is 11.3 Å². The fourth-order valence-electron chi connectivity index (χ4n) is 6.04. The van der Waals surface area contributed by atoms with Crippen molar-refractivity contribution in [2.24, 2.45) is 0 Å². The molecule has 1 N–H and O–H groups in total. The number of carbonyl (C=O) groups excluding carboxylic acids is 1. The van der Waals surface area contributed by atoms with Gasteiger partial charge in [0.25, 0.3) is 0 Å². The topological polar surface area (TPSA) is 74.9 Å². The van der Waals surface area contributed by atoms with E-state index in [1.165, 1.54) is 48.3 Å². The van der Waals surface area contributed by atoms with Crippen molar-refractivity contribution < 1.29 is 14.3 Å². The van der Waals surface area contributed by atoms with Crippen LogP contribution in [0.25, 0.3) is 21.0 Å². The molecule has 3 heterocycles. The van der Waals surface area contributed by atoms with Gasteiger partial charge in [-0.05, 0) is 66.9 Å². The van der Waals surface area contributed by atoms with E-state index in [1.807, 2.05) is 24.3 Å². The third-order valence-corrected chi connectivity index (χ3v) is 9.48. The molecular weight excluding hydrogens is 606 g/mol. The maximum absolute atomic E-state index is 13.0. The van der Waals surface area contributed by atoms with Gasteiger partial charge in [-0.25, -0.2) is 0 Å². The number of H-pyrrole nitrogens is 1. The van der Waals surface area contributed by atoms with E-state index in [9.17, 15) is 9.59 Å². The second-order valence-electron chi connectivity index (χ2n) is 11.9. The summed E-state index contributed by atoms with van der Waals surface area (Å²) >= 11 is 1.73. The van der Waals surface area contributed by atoms with Gasteiger partial charge in [0, 0.05) is 60.4 Å². The third kappa shape index (κ3) is 10.3. The summed E-state index contributed by atoms with van der Waals surface area (Å²) in [4.78, 5) is 32.4. The summed E-state index contributed by atoms with van der Waals surface area (Å²) in [5.41, 5.74) is 1.79. The molecule has 2 aromatic carbocycles. The lowest BCUT2D eigenvalue weighted by Gasteiger charge is -2.39. The Morgan fingerprint density at radius 3 is 2.51 bits per heavy atom. The van der Waals surface area contributed by atoms with Gasteiger partial charge in [-0.2, -0.15) is 0 Å². The normalized spacial score (nSPS) is 14.8. The number of aromatic nitrogens is 1. The SMILES string of the molecule is CCCCCCCCCC(=O)OC(c1cccc2sccc12)N1CCN(CCCCOc2ccc3ccc(=O)[nH]c3c2)CC1.Cl. The lowest BCUT2D eigenvalue weighted by molar-refractivity contribution is -0.162. The van der Waals surface area contributed by atoms with Crippen molar-refractivity contribution in [1.29, 1.82) is 0 Å². The molecule has 1 atom stereocenters. The highest BCUT2D eigenvalue weighted by atomic mass is 35.5. The van der Waals surface area contributed by atoms with E-state index in [0.717, 1.165) is 80.6 Å². The summed E-state index contributed by atoms with van der Waals surface area (Å²) in [5, 5.41) is 4.30. The molecule has 5 rings (SSSR count). The van der Waals surface area contributed by atoms with Crippen molar-refractivity contribution in [3.05, 3.63) is 75.9 Å². The van der Waals surface area contributed by atoms with Crippen LogP contribution in [0.5, 0.6) is 5.75 Å². The number of nitrogens with one attached hydrogen (secondary N) is 1. The Bertz CT molecular complexity index is 1530. The zero-order chi connectivity index (χ0) is 30.6. The summed E-state index contributed by atoms with van der Waals surface area (Å²) in [6, 6.07) is 17.7. The number of ether oxygens (including phenoxy) is 2. The minimum atomic E-state index is -0.349. The zero-order valence-electron chi connectivity index (χ0n) is 26.5. The number of fused-ring (bicyclic) bond motifs is 2. The van der Waals surface area contributed by atoms with Crippen molar-refractivity contribution in [3.8, 4) is 5.75 Å². The van der Waals surface area contributed by atoms with Crippen molar-refractivity contribution in [2.45, 2.75) is 77.4 Å². The lowest BCUT2D eigenvalue weighted by Crippen LogP contribution is -2.48. The Morgan fingerprint density at radius 2 is 1.69 bits per heavy atom. The molecule has 0 bridgehead atoms. The van der Waals surface area contributed by atoms with E-state index < -0.39 is 0 Å². The number of rotatable bonds is 17. The van der Waals surface area contributed by atoms with Crippen LogP contribution < -0.4 is 10.3 Å². The van der Waals surface area contributed by atoms with Crippen molar-refractivity contribution in [1.82, 2.24) is 14.8 Å². The Morgan fingerprint density at radius 1 is 0.911 bits per heavy atom.